The van der Waals surface area contributed by atoms with Gasteiger partial charge in [-0.05, 0) is 128 Å². The van der Waals surface area contributed by atoms with E-state index in [9.17, 15) is 0 Å². The second-order valence-corrected chi connectivity index (χ2v) is 17.5. The summed E-state index contributed by atoms with van der Waals surface area (Å²) in [6.07, 6.45) is 0. The van der Waals surface area contributed by atoms with E-state index in [0.29, 0.717) is 0 Å². The quantitative estimate of drug-likeness (QED) is 0.166. The van der Waals surface area contributed by atoms with Crippen LogP contribution in [0.1, 0.15) is 22.3 Å². The molecule has 1 spiro atoms. The van der Waals surface area contributed by atoms with Crippen molar-refractivity contribution in [3.05, 3.63) is 265 Å². The number of para-hydroxylation sites is 5. The average Bonchev–Trinajstić information content (AvgIpc) is 4.03. The molecule has 1 heterocycles. The number of benzene rings is 11. The van der Waals surface area contributed by atoms with Gasteiger partial charge in [-0.3, -0.25) is 0 Å². The van der Waals surface area contributed by atoms with Crippen LogP contribution in [0.3, 0.4) is 0 Å². The summed E-state index contributed by atoms with van der Waals surface area (Å²) < 4.78 is 7.35. The highest BCUT2D eigenvalue weighted by molar-refractivity contribution is 6.28. The fourth-order valence-electron chi connectivity index (χ4n) is 11.7. The first-order valence-electron chi connectivity index (χ1n) is 22.8. The van der Waals surface area contributed by atoms with Crippen molar-refractivity contribution < 1.29 is 4.42 Å². The van der Waals surface area contributed by atoms with Crippen molar-refractivity contribution in [3.8, 4) is 22.3 Å². The van der Waals surface area contributed by atoms with Crippen LogP contribution < -0.4 is 9.80 Å². The fourth-order valence-corrected chi connectivity index (χ4v) is 11.7. The van der Waals surface area contributed by atoms with Gasteiger partial charge in [-0.2, -0.15) is 0 Å². The molecule has 0 saturated heterocycles. The third-order valence-corrected chi connectivity index (χ3v) is 14.2. The van der Waals surface area contributed by atoms with Crippen LogP contribution in [0.2, 0.25) is 0 Å². The third-order valence-electron chi connectivity index (χ3n) is 14.2. The molecule has 66 heavy (non-hydrogen) atoms. The number of anilines is 6. The van der Waals surface area contributed by atoms with Crippen molar-refractivity contribution in [2.75, 3.05) is 9.80 Å². The fraction of sp³-hybridized carbons (Fsp3) is 0.0159. The molecule has 11 aromatic carbocycles. The molecule has 308 valence electrons. The molecule has 0 amide bonds. The monoisotopic (exact) mass is 840 g/mol. The maximum absolute atomic E-state index is 7.35. The molecule has 1 aromatic heterocycles. The normalized spacial score (nSPS) is 13.0. The molecular weight excluding hydrogens is 801 g/mol. The van der Waals surface area contributed by atoms with Crippen molar-refractivity contribution in [1.29, 1.82) is 0 Å². The van der Waals surface area contributed by atoms with E-state index >= 15 is 0 Å². The minimum absolute atomic E-state index is 0.693. The number of furan rings is 1. The Morgan fingerprint density at radius 1 is 0.318 bits per heavy atom. The summed E-state index contributed by atoms with van der Waals surface area (Å²) in [5.74, 6) is 0. The number of hydrogen-bond donors (Lipinski definition) is 0. The van der Waals surface area contributed by atoms with E-state index in [-0.39, 0.29) is 0 Å². The van der Waals surface area contributed by atoms with Crippen LogP contribution in [0.25, 0.3) is 65.7 Å². The maximum Gasteiger partial charge on any atom is 0.144 e. The van der Waals surface area contributed by atoms with Gasteiger partial charge in [-0.25, -0.2) is 0 Å². The number of rotatable bonds is 6. The van der Waals surface area contributed by atoms with Crippen molar-refractivity contribution in [2.24, 2.45) is 0 Å². The lowest BCUT2D eigenvalue weighted by atomic mass is 9.69. The Kier molecular flexibility index (Phi) is 7.90. The van der Waals surface area contributed by atoms with Crippen LogP contribution in [0, 0.1) is 0 Å². The highest BCUT2D eigenvalue weighted by Crippen LogP contribution is 2.68. The second-order valence-electron chi connectivity index (χ2n) is 17.5. The van der Waals surface area contributed by atoms with Crippen molar-refractivity contribution in [1.82, 2.24) is 0 Å². The third kappa shape index (κ3) is 5.02. The summed E-state index contributed by atoms with van der Waals surface area (Å²) in [4.78, 5) is 4.81. The van der Waals surface area contributed by atoms with E-state index in [4.69, 9.17) is 4.42 Å². The molecule has 2 aliphatic rings. The minimum atomic E-state index is -0.693. The Hall–Kier alpha value is -8.66. The van der Waals surface area contributed by atoms with Gasteiger partial charge in [0, 0.05) is 50.2 Å². The Labute approximate surface area is 382 Å². The van der Waals surface area contributed by atoms with Crippen LogP contribution in [-0.4, -0.2) is 0 Å². The maximum atomic E-state index is 7.35. The van der Waals surface area contributed by atoms with E-state index in [1.54, 1.807) is 0 Å². The highest BCUT2D eigenvalue weighted by Gasteiger charge is 2.54. The Morgan fingerprint density at radius 2 is 0.803 bits per heavy atom. The summed E-state index contributed by atoms with van der Waals surface area (Å²) in [6, 6.07) is 88.5. The van der Waals surface area contributed by atoms with Gasteiger partial charge in [0.05, 0.1) is 11.1 Å². The molecule has 0 bridgehead atoms. The number of nitrogens with zero attached hydrogens (tertiary/aromatic N) is 2. The van der Waals surface area contributed by atoms with Gasteiger partial charge in [0.2, 0.25) is 0 Å². The van der Waals surface area contributed by atoms with E-state index in [1.165, 1.54) is 60.7 Å². The predicted octanol–water partition coefficient (Wildman–Crippen LogP) is 17.2. The van der Waals surface area contributed by atoms with Gasteiger partial charge in [0.1, 0.15) is 11.2 Å². The first-order chi connectivity index (χ1) is 32.8. The van der Waals surface area contributed by atoms with E-state index in [1.807, 2.05) is 0 Å². The van der Waals surface area contributed by atoms with Crippen LogP contribution in [0.5, 0.6) is 0 Å². The summed E-state index contributed by atoms with van der Waals surface area (Å²) in [5.41, 5.74) is 17.7. The molecule has 2 aliphatic carbocycles. The Balaban J connectivity index is 1.18. The summed E-state index contributed by atoms with van der Waals surface area (Å²) in [7, 11) is 0. The molecular formula is C63H40N2O. The molecule has 3 nitrogen and oxygen atoms in total. The highest BCUT2D eigenvalue weighted by atomic mass is 16.3. The van der Waals surface area contributed by atoms with E-state index in [2.05, 4.69) is 252 Å². The summed E-state index contributed by atoms with van der Waals surface area (Å²) in [5, 5.41) is 6.99. The molecule has 0 aliphatic heterocycles. The standard InChI is InChI=1S/C63H40N2O/c1-5-21-41(22-6-1)64(42-23-7-2-8-24-42)45-37-38-50-52(39-45)58-51-33-17-20-36-57(51)66-62(58)60-59-49-32-14-13-31-48(49)56(65(43-25-9-3-10-26-43)44-27-11-4-12-28-44)40-55(59)63(61(50)60)53-34-18-15-29-46(53)47-30-16-19-35-54(47)63/h1-40H. The van der Waals surface area contributed by atoms with Gasteiger partial charge in [0.15, 0.2) is 0 Å². The van der Waals surface area contributed by atoms with E-state index < -0.39 is 5.41 Å². The van der Waals surface area contributed by atoms with Gasteiger partial charge in [-0.15, -0.1) is 0 Å². The average molecular weight is 841 g/mol. The van der Waals surface area contributed by atoms with E-state index in [0.717, 1.165) is 61.4 Å². The van der Waals surface area contributed by atoms with Crippen LogP contribution in [0.15, 0.2) is 247 Å². The zero-order valence-corrected chi connectivity index (χ0v) is 35.9. The Morgan fingerprint density at radius 3 is 1.39 bits per heavy atom. The number of hydrogen-bond acceptors (Lipinski definition) is 3. The molecule has 12 aromatic rings. The van der Waals surface area contributed by atoms with Crippen molar-refractivity contribution in [2.45, 2.75) is 5.41 Å². The molecule has 0 saturated carbocycles. The first-order valence-corrected chi connectivity index (χ1v) is 22.8. The molecule has 14 rings (SSSR count). The molecule has 0 radical (unpaired) electrons. The zero-order chi connectivity index (χ0) is 43.3. The van der Waals surface area contributed by atoms with Crippen LogP contribution >= 0.6 is 0 Å². The van der Waals surface area contributed by atoms with Crippen molar-refractivity contribution >= 4 is 77.6 Å². The van der Waals surface area contributed by atoms with Crippen LogP contribution in [-0.2, 0) is 5.41 Å². The summed E-state index contributed by atoms with van der Waals surface area (Å²) in [6.45, 7) is 0. The lowest BCUT2D eigenvalue weighted by Gasteiger charge is -2.33. The smallest absolute Gasteiger partial charge is 0.144 e. The minimum Gasteiger partial charge on any atom is -0.455 e. The predicted molar refractivity (Wildman–Crippen MR) is 274 cm³/mol. The van der Waals surface area contributed by atoms with Gasteiger partial charge in [-0.1, -0.05) is 170 Å². The zero-order valence-electron chi connectivity index (χ0n) is 35.9. The largest absolute Gasteiger partial charge is 0.455 e. The van der Waals surface area contributed by atoms with Gasteiger partial charge in [0.25, 0.3) is 0 Å². The molecule has 3 heteroatoms. The van der Waals surface area contributed by atoms with Crippen molar-refractivity contribution in [3.63, 3.8) is 0 Å². The number of fused-ring (bicyclic) bond motifs is 19. The lowest BCUT2D eigenvalue weighted by molar-refractivity contribution is 0.669. The van der Waals surface area contributed by atoms with Crippen LogP contribution in [0.4, 0.5) is 34.1 Å². The lowest BCUT2D eigenvalue weighted by Crippen LogP contribution is -2.26. The molecule has 0 unspecified atom stereocenters. The summed E-state index contributed by atoms with van der Waals surface area (Å²) >= 11 is 0. The molecule has 0 fully saturated rings. The first kappa shape index (κ1) is 36.8. The van der Waals surface area contributed by atoms with Gasteiger partial charge >= 0.3 is 0 Å². The SMILES string of the molecule is c1ccc(N(c2ccccc2)c2ccc3c4c(c5oc6ccccc6c5c3c2)-c2c(cc(N(c3ccccc3)c3ccccc3)c3ccccc23)C42c3ccccc3-c3ccccc32)cc1. The topological polar surface area (TPSA) is 19.6 Å². The molecule has 0 atom stereocenters. The second kappa shape index (κ2) is 14.2. The van der Waals surface area contributed by atoms with Gasteiger partial charge < -0.3 is 14.2 Å². The Bertz CT molecular complexity index is 3750. The molecule has 0 N–H and O–H groups in total.